The lowest BCUT2D eigenvalue weighted by Gasteiger charge is -2.15. The van der Waals surface area contributed by atoms with Crippen LogP contribution in [0.4, 0.5) is 0 Å². The van der Waals surface area contributed by atoms with Crippen molar-refractivity contribution in [2.24, 2.45) is 0 Å². The summed E-state index contributed by atoms with van der Waals surface area (Å²) in [5.74, 6) is -1.64. The molecule has 0 aliphatic carbocycles. The van der Waals surface area contributed by atoms with Crippen LogP contribution in [0.5, 0.6) is 28.7 Å². The summed E-state index contributed by atoms with van der Waals surface area (Å²) in [6, 6.07) is 13.4. The van der Waals surface area contributed by atoms with Crippen molar-refractivity contribution < 1.29 is 38.6 Å². The van der Waals surface area contributed by atoms with Crippen LogP contribution in [0, 0.1) is 13.8 Å². The van der Waals surface area contributed by atoms with Crippen molar-refractivity contribution in [2.75, 3.05) is 0 Å². The molecule has 0 aliphatic heterocycles. The van der Waals surface area contributed by atoms with Crippen molar-refractivity contribution in [1.82, 2.24) is 0 Å². The average molecular weight is 458 g/mol. The molecular formula is C23H23O8P. The van der Waals surface area contributed by atoms with E-state index in [0.29, 0.717) is 5.56 Å². The maximum atomic E-state index is 12.4. The number of hydrogen-bond acceptors (Lipinski definition) is 7. The van der Waals surface area contributed by atoms with Gasteiger partial charge in [0.1, 0.15) is 34.3 Å². The fourth-order valence-electron chi connectivity index (χ4n) is 3.29. The largest absolute Gasteiger partial charge is 0.584 e. The highest BCUT2D eigenvalue weighted by molar-refractivity contribution is 7.48. The Morgan fingerprint density at radius 3 is 2.09 bits per heavy atom. The van der Waals surface area contributed by atoms with Crippen LogP contribution >= 0.6 is 7.82 Å². The molecule has 0 saturated carbocycles. The summed E-state index contributed by atoms with van der Waals surface area (Å²) in [5.41, 5.74) is 2.09. The lowest BCUT2D eigenvalue weighted by atomic mass is 10.0. The first kappa shape index (κ1) is 23.2. The number of ketones is 1. The van der Waals surface area contributed by atoms with E-state index >= 15 is 0 Å². The van der Waals surface area contributed by atoms with E-state index in [1.807, 2.05) is 19.9 Å². The molecular weight excluding hydrogens is 435 g/mol. The number of phosphoric acid groups is 1. The molecule has 0 heterocycles. The Morgan fingerprint density at radius 2 is 1.47 bits per heavy atom. The number of aromatic hydroxyl groups is 3. The molecule has 3 aromatic carbocycles. The van der Waals surface area contributed by atoms with Gasteiger partial charge in [-0.05, 0) is 61.2 Å². The molecule has 1 unspecified atom stereocenters. The number of hydrogen-bond donors (Lipinski definition) is 4. The molecule has 3 rings (SSSR count). The highest BCUT2D eigenvalue weighted by atomic mass is 31.2. The second-order valence-corrected chi connectivity index (χ2v) is 8.71. The number of Topliss-reactive ketones (excluding diaryl/α,β-unsaturated/α-hetero) is 1. The Bertz CT molecular complexity index is 1160. The first-order chi connectivity index (χ1) is 15.0. The minimum atomic E-state index is -4.46. The summed E-state index contributed by atoms with van der Waals surface area (Å²) in [6.45, 7) is 3.68. The van der Waals surface area contributed by atoms with Crippen molar-refractivity contribution in [3.05, 3.63) is 76.9 Å². The van der Waals surface area contributed by atoms with Gasteiger partial charge in [0.15, 0.2) is 5.78 Å². The van der Waals surface area contributed by atoms with Crippen molar-refractivity contribution in [3.63, 3.8) is 0 Å². The van der Waals surface area contributed by atoms with Gasteiger partial charge in [0.25, 0.3) is 0 Å². The van der Waals surface area contributed by atoms with Gasteiger partial charge >= 0.3 is 7.82 Å². The third-order valence-corrected chi connectivity index (χ3v) is 5.42. The highest BCUT2D eigenvalue weighted by Crippen LogP contribution is 2.45. The number of rotatable bonds is 8. The topological polar surface area (TPSA) is 134 Å². The molecule has 0 spiro atoms. The van der Waals surface area contributed by atoms with Crippen LogP contribution in [0.2, 0.25) is 0 Å². The standard InChI is InChI=1S/C23H23O8P/c1-14-8-15(2)10-19(9-14)31-32(28,29)30-18-5-3-4-16(11-18)6-7-20(25)23-21(26)12-17(24)13-22(23)27/h3-5,8-13,24,26-27H,6-7H2,1-2H3,(H,28,29). The predicted octanol–water partition coefficient (Wildman–Crippen LogP) is 4.79. The fraction of sp³-hybridized carbons (Fsp3) is 0.174. The number of carbonyl (C=O) groups is 1. The van der Waals surface area contributed by atoms with E-state index in [9.17, 15) is 29.6 Å². The van der Waals surface area contributed by atoms with E-state index in [-0.39, 0.29) is 35.7 Å². The third-order valence-electron chi connectivity index (χ3n) is 4.54. The van der Waals surface area contributed by atoms with Crippen LogP contribution in [0.3, 0.4) is 0 Å². The first-order valence-electron chi connectivity index (χ1n) is 9.70. The van der Waals surface area contributed by atoms with Crippen LogP contribution in [-0.2, 0) is 11.0 Å². The Labute approximate surface area is 184 Å². The molecule has 3 aromatic rings. The Kier molecular flexibility index (Phi) is 6.77. The first-order valence-corrected chi connectivity index (χ1v) is 11.2. The third kappa shape index (κ3) is 6.03. The second kappa shape index (κ2) is 9.34. The monoisotopic (exact) mass is 458 g/mol. The quantitative estimate of drug-likeness (QED) is 0.280. The number of carbonyl (C=O) groups excluding carboxylic acids is 1. The molecule has 8 nitrogen and oxygen atoms in total. The predicted molar refractivity (Wildman–Crippen MR) is 118 cm³/mol. The Balaban J connectivity index is 1.67. The minimum absolute atomic E-state index is 0.0643. The molecule has 0 amide bonds. The average Bonchev–Trinajstić information content (AvgIpc) is 2.64. The Hall–Kier alpha value is -3.48. The Morgan fingerprint density at radius 1 is 0.875 bits per heavy atom. The van der Waals surface area contributed by atoms with Crippen LogP contribution in [0.1, 0.15) is 33.5 Å². The van der Waals surface area contributed by atoms with Gasteiger partial charge in [0, 0.05) is 18.6 Å². The zero-order valence-electron chi connectivity index (χ0n) is 17.5. The lowest BCUT2D eigenvalue weighted by Crippen LogP contribution is -2.03. The summed E-state index contributed by atoms with van der Waals surface area (Å²) in [6.07, 6.45) is 0.147. The molecule has 0 radical (unpaired) electrons. The lowest BCUT2D eigenvalue weighted by molar-refractivity contribution is 0.0977. The molecule has 1 atom stereocenters. The molecule has 4 N–H and O–H groups in total. The number of phosphoric ester groups is 1. The van der Waals surface area contributed by atoms with E-state index in [2.05, 4.69) is 0 Å². The van der Waals surface area contributed by atoms with Gasteiger partial charge < -0.3 is 24.4 Å². The van der Waals surface area contributed by atoms with Crippen LogP contribution in [0.15, 0.2) is 54.6 Å². The van der Waals surface area contributed by atoms with E-state index in [4.69, 9.17) is 9.05 Å². The molecule has 9 heteroatoms. The number of aryl methyl sites for hydroxylation is 3. The molecule has 0 bridgehead atoms. The van der Waals surface area contributed by atoms with E-state index in [1.54, 1.807) is 24.3 Å². The molecule has 0 aliphatic rings. The van der Waals surface area contributed by atoms with E-state index in [1.165, 1.54) is 12.1 Å². The van der Waals surface area contributed by atoms with Crippen molar-refractivity contribution in [3.8, 4) is 28.7 Å². The van der Waals surface area contributed by atoms with Gasteiger partial charge in [0.05, 0.1) is 0 Å². The zero-order chi connectivity index (χ0) is 23.5. The number of benzene rings is 3. The highest BCUT2D eigenvalue weighted by Gasteiger charge is 2.25. The summed E-state index contributed by atoms with van der Waals surface area (Å²) in [4.78, 5) is 22.5. The SMILES string of the molecule is Cc1cc(C)cc(OP(=O)(O)Oc2cccc(CCC(=O)c3c(O)cc(O)cc3O)c2)c1. The van der Waals surface area contributed by atoms with Gasteiger partial charge in [-0.1, -0.05) is 18.2 Å². The molecule has 0 saturated heterocycles. The van der Waals surface area contributed by atoms with Gasteiger partial charge in [-0.15, -0.1) is 0 Å². The summed E-state index contributed by atoms with van der Waals surface area (Å²) in [5, 5.41) is 29.0. The summed E-state index contributed by atoms with van der Waals surface area (Å²) in [7, 11) is -4.46. The van der Waals surface area contributed by atoms with E-state index < -0.39 is 25.1 Å². The summed E-state index contributed by atoms with van der Waals surface area (Å²) >= 11 is 0. The number of phenols is 3. The van der Waals surface area contributed by atoms with Crippen molar-refractivity contribution >= 4 is 13.6 Å². The number of phenolic OH excluding ortho intramolecular Hbond substituents is 3. The van der Waals surface area contributed by atoms with Gasteiger partial charge in [0.2, 0.25) is 0 Å². The summed E-state index contributed by atoms with van der Waals surface area (Å²) < 4.78 is 22.7. The second-order valence-electron chi connectivity index (χ2n) is 7.40. The van der Waals surface area contributed by atoms with Gasteiger partial charge in [-0.3, -0.25) is 9.69 Å². The molecule has 0 aromatic heterocycles. The fourth-order valence-corrected chi connectivity index (χ4v) is 4.08. The van der Waals surface area contributed by atoms with Crippen molar-refractivity contribution in [1.29, 1.82) is 0 Å². The van der Waals surface area contributed by atoms with Gasteiger partial charge in [-0.25, -0.2) is 4.57 Å². The zero-order valence-corrected chi connectivity index (χ0v) is 18.4. The van der Waals surface area contributed by atoms with E-state index in [0.717, 1.165) is 23.3 Å². The molecule has 0 fully saturated rings. The van der Waals surface area contributed by atoms with Crippen LogP contribution in [0.25, 0.3) is 0 Å². The van der Waals surface area contributed by atoms with Crippen LogP contribution in [-0.4, -0.2) is 26.0 Å². The smallest absolute Gasteiger partial charge is 0.508 e. The maximum absolute atomic E-state index is 12.4. The molecule has 32 heavy (non-hydrogen) atoms. The maximum Gasteiger partial charge on any atom is 0.584 e. The van der Waals surface area contributed by atoms with Crippen molar-refractivity contribution in [2.45, 2.75) is 26.7 Å². The van der Waals surface area contributed by atoms with Gasteiger partial charge in [-0.2, -0.15) is 0 Å². The molecule has 168 valence electrons. The van der Waals surface area contributed by atoms with Crippen LogP contribution < -0.4 is 9.05 Å². The normalized spacial score (nSPS) is 12.7. The minimum Gasteiger partial charge on any atom is -0.508 e.